The molecule has 188 valence electrons. The largest absolute Gasteiger partial charge is 0.497 e. The van der Waals surface area contributed by atoms with Gasteiger partial charge < -0.3 is 19.7 Å². The zero-order valence-corrected chi connectivity index (χ0v) is 20.3. The van der Waals surface area contributed by atoms with Gasteiger partial charge in [-0.1, -0.05) is 6.07 Å². The number of carbonyl (C=O) groups is 2. The molecule has 2 aliphatic heterocycles. The quantitative estimate of drug-likeness (QED) is 0.621. The van der Waals surface area contributed by atoms with Crippen LogP contribution in [-0.4, -0.2) is 86.5 Å². The molecule has 4 rings (SSSR count). The van der Waals surface area contributed by atoms with Crippen molar-refractivity contribution >= 4 is 17.5 Å². The standard InChI is InChI=1S/C26H33FN4O4/c1-34-21-9-10-22(24(16-21)35-2)23-4-3-11-31(23)18-26(33)30-14-12-29(13-15-30)17-25(32)28-20-7-5-19(27)6-8-20/h5-10,16,23H,3-4,11-15,17-18H2,1-2H3,(H,28,32)/t23-/m0/s1. The van der Waals surface area contributed by atoms with Crippen LogP contribution in [0, 0.1) is 5.82 Å². The number of piperazine rings is 1. The summed E-state index contributed by atoms with van der Waals surface area (Å²) in [4.78, 5) is 31.6. The molecule has 1 N–H and O–H groups in total. The van der Waals surface area contributed by atoms with E-state index in [2.05, 4.69) is 10.2 Å². The molecular weight excluding hydrogens is 451 g/mol. The third kappa shape index (κ3) is 6.29. The Morgan fingerprint density at radius 2 is 1.71 bits per heavy atom. The molecule has 2 heterocycles. The Balaban J connectivity index is 1.27. The molecule has 2 fully saturated rings. The van der Waals surface area contributed by atoms with Gasteiger partial charge in [0.15, 0.2) is 0 Å². The summed E-state index contributed by atoms with van der Waals surface area (Å²) in [7, 11) is 3.29. The number of methoxy groups -OCH3 is 2. The third-order valence-corrected chi connectivity index (χ3v) is 6.72. The molecule has 2 amide bonds. The van der Waals surface area contributed by atoms with Crippen molar-refractivity contribution < 1.29 is 23.5 Å². The molecule has 2 aromatic rings. The van der Waals surface area contributed by atoms with Crippen LogP contribution in [0.15, 0.2) is 42.5 Å². The van der Waals surface area contributed by atoms with Crippen LogP contribution in [0.1, 0.15) is 24.4 Å². The summed E-state index contributed by atoms with van der Waals surface area (Å²) in [6.07, 6.45) is 2.01. The minimum absolute atomic E-state index is 0.111. The molecule has 0 unspecified atom stereocenters. The Morgan fingerprint density at radius 3 is 2.40 bits per heavy atom. The lowest BCUT2D eigenvalue weighted by molar-refractivity contribution is -0.134. The number of nitrogens with zero attached hydrogens (tertiary/aromatic N) is 3. The summed E-state index contributed by atoms with van der Waals surface area (Å²) < 4.78 is 23.9. The van der Waals surface area contributed by atoms with E-state index in [0.29, 0.717) is 38.4 Å². The minimum atomic E-state index is -0.341. The molecular formula is C26H33FN4O4. The average Bonchev–Trinajstić information content (AvgIpc) is 3.33. The fourth-order valence-electron chi connectivity index (χ4n) is 4.83. The van der Waals surface area contributed by atoms with Crippen molar-refractivity contribution in [3.8, 4) is 11.5 Å². The summed E-state index contributed by atoms with van der Waals surface area (Å²) in [6, 6.07) is 11.7. The Bertz CT molecular complexity index is 1020. The van der Waals surface area contributed by atoms with E-state index in [9.17, 15) is 14.0 Å². The van der Waals surface area contributed by atoms with E-state index in [-0.39, 0.29) is 30.2 Å². The van der Waals surface area contributed by atoms with E-state index >= 15 is 0 Å². The second-order valence-electron chi connectivity index (χ2n) is 8.95. The van der Waals surface area contributed by atoms with E-state index in [1.54, 1.807) is 14.2 Å². The van der Waals surface area contributed by atoms with Crippen LogP contribution >= 0.6 is 0 Å². The van der Waals surface area contributed by atoms with Crippen molar-refractivity contribution in [2.75, 3.05) is 65.3 Å². The van der Waals surface area contributed by atoms with Crippen molar-refractivity contribution in [2.45, 2.75) is 18.9 Å². The second kappa shape index (κ2) is 11.5. The first-order chi connectivity index (χ1) is 17.0. The molecule has 35 heavy (non-hydrogen) atoms. The fourth-order valence-corrected chi connectivity index (χ4v) is 4.83. The van der Waals surface area contributed by atoms with Crippen molar-refractivity contribution in [3.05, 3.63) is 53.8 Å². The van der Waals surface area contributed by atoms with Gasteiger partial charge in [-0.25, -0.2) is 4.39 Å². The van der Waals surface area contributed by atoms with Gasteiger partial charge in [-0.05, 0) is 49.7 Å². The summed E-state index contributed by atoms with van der Waals surface area (Å²) in [5.41, 5.74) is 1.65. The van der Waals surface area contributed by atoms with Crippen LogP contribution < -0.4 is 14.8 Å². The van der Waals surface area contributed by atoms with Crippen molar-refractivity contribution in [2.24, 2.45) is 0 Å². The number of rotatable bonds is 8. The molecule has 2 aliphatic rings. The molecule has 0 spiro atoms. The first-order valence-electron chi connectivity index (χ1n) is 12.0. The van der Waals surface area contributed by atoms with E-state index in [0.717, 1.165) is 36.4 Å². The molecule has 0 saturated carbocycles. The molecule has 8 nitrogen and oxygen atoms in total. The van der Waals surface area contributed by atoms with Crippen LogP contribution in [0.5, 0.6) is 11.5 Å². The summed E-state index contributed by atoms with van der Waals surface area (Å²) in [5.74, 6) is 1.15. The van der Waals surface area contributed by atoms with E-state index in [4.69, 9.17) is 9.47 Å². The van der Waals surface area contributed by atoms with E-state index in [1.807, 2.05) is 28.0 Å². The average molecular weight is 485 g/mol. The van der Waals surface area contributed by atoms with Crippen molar-refractivity contribution in [3.63, 3.8) is 0 Å². The monoisotopic (exact) mass is 484 g/mol. The number of nitrogens with one attached hydrogen (secondary N) is 1. The highest BCUT2D eigenvalue weighted by Gasteiger charge is 2.32. The summed E-state index contributed by atoms with van der Waals surface area (Å²) >= 11 is 0. The number of hydrogen-bond acceptors (Lipinski definition) is 6. The number of carbonyl (C=O) groups excluding carboxylic acids is 2. The van der Waals surface area contributed by atoms with Crippen LogP contribution in [0.4, 0.5) is 10.1 Å². The highest BCUT2D eigenvalue weighted by molar-refractivity contribution is 5.92. The molecule has 2 saturated heterocycles. The topological polar surface area (TPSA) is 74.4 Å². The fraction of sp³-hybridized carbons (Fsp3) is 0.462. The summed E-state index contributed by atoms with van der Waals surface area (Å²) in [5, 5.41) is 2.78. The van der Waals surface area contributed by atoms with Gasteiger partial charge in [0, 0.05) is 49.5 Å². The van der Waals surface area contributed by atoms with Crippen molar-refractivity contribution in [1.29, 1.82) is 0 Å². The van der Waals surface area contributed by atoms with Gasteiger partial charge in [-0.15, -0.1) is 0 Å². The maximum atomic E-state index is 13.1. The molecule has 0 aromatic heterocycles. The number of hydrogen-bond donors (Lipinski definition) is 1. The Hall–Kier alpha value is -3.17. The normalized spacial score (nSPS) is 18.9. The van der Waals surface area contributed by atoms with Gasteiger partial charge in [-0.2, -0.15) is 0 Å². The van der Waals surface area contributed by atoms with Gasteiger partial charge in [-0.3, -0.25) is 19.4 Å². The van der Waals surface area contributed by atoms with Crippen molar-refractivity contribution in [1.82, 2.24) is 14.7 Å². The van der Waals surface area contributed by atoms with Crippen LogP contribution in [0.25, 0.3) is 0 Å². The van der Waals surface area contributed by atoms with Gasteiger partial charge in [0.1, 0.15) is 17.3 Å². The zero-order valence-electron chi connectivity index (χ0n) is 20.3. The predicted molar refractivity (Wildman–Crippen MR) is 131 cm³/mol. The number of likely N-dealkylation sites (tertiary alicyclic amines) is 1. The molecule has 2 aromatic carbocycles. The van der Waals surface area contributed by atoms with Gasteiger partial charge in [0.2, 0.25) is 11.8 Å². The van der Waals surface area contributed by atoms with E-state index < -0.39 is 0 Å². The smallest absolute Gasteiger partial charge is 0.238 e. The molecule has 9 heteroatoms. The van der Waals surface area contributed by atoms with Gasteiger partial charge in [0.05, 0.1) is 27.3 Å². The predicted octanol–water partition coefficient (Wildman–Crippen LogP) is 2.76. The number of amides is 2. The minimum Gasteiger partial charge on any atom is -0.497 e. The number of halogens is 1. The molecule has 0 bridgehead atoms. The Morgan fingerprint density at radius 1 is 0.971 bits per heavy atom. The molecule has 1 atom stereocenters. The Labute approximate surface area is 205 Å². The number of anilines is 1. The lowest BCUT2D eigenvalue weighted by atomic mass is 10.0. The first-order valence-corrected chi connectivity index (χ1v) is 12.0. The summed E-state index contributed by atoms with van der Waals surface area (Å²) in [6.45, 7) is 3.93. The number of benzene rings is 2. The lowest BCUT2D eigenvalue weighted by Gasteiger charge is -2.36. The van der Waals surface area contributed by atoms with Crippen LogP contribution in [0.2, 0.25) is 0 Å². The molecule has 0 radical (unpaired) electrons. The maximum absolute atomic E-state index is 13.1. The van der Waals surface area contributed by atoms with Gasteiger partial charge >= 0.3 is 0 Å². The highest BCUT2D eigenvalue weighted by atomic mass is 19.1. The number of ether oxygens (including phenoxy) is 2. The zero-order chi connectivity index (χ0) is 24.8. The lowest BCUT2D eigenvalue weighted by Crippen LogP contribution is -2.52. The highest BCUT2D eigenvalue weighted by Crippen LogP contribution is 2.38. The van der Waals surface area contributed by atoms with Gasteiger partial charge in [0.25, 0.3) is 0 Å². The molecule has 0 aliphatic carbocycles. The van der Waals surface area contributed by atoms with Crippen LogP contribution in [-0.2, 0) is 9.59 Å². The second-order valence-corrected chi connectivity index (χ2v) is 8.95. The SMILES string of the molecule is COc1ccc([C@@H]2CCCN2CC(=O)N2CCN(CC(=O)Nc3ccc(F)cc3)CC2)c(OC)c1. The first kappa shape index (κ1) is 24.9. The van der Waals surface area contributed by atoms with E-state index in [1.165, 1.54) is 24.3 Å². The van der Waals surface area contributed by atoms with Crippen LogP contribution in [0.3, 0.4) is 0 Å². The Kier molecular flexibility index (Phi) is 8.20. The maximum Gasteiger partial charge on any atom is 0.238 e. The third-order valence-electron chi connectivity index (χ3n) is 6.72.